The average Bonchev–Trinajstić information content (AvgIpc) is 2.59. The lowest BCUT2D eigenvalue weighted by Gasteiger charge is -2.01. The molecule has 2 aromatic carbocycles. The first kappa shape index (κ1) is 15.0. The van der Waals surface area contributed by atoms with Gasteiger partial charge in [-0.25, -0.2) is 9.78 Å². The quantitative estimate of drug-likeness (QED) is 0.669. The van der Waals surface area contributed by atoms with Crippen molar-refractivity contribution in [1.82, 2.24) is 4.98 Å². The zero-order chi connectivity index (χ0) is 16.2. The molecule has 0 radical (unpaired) electrons. The molecule has 0 spiro atoms. The highest BCUT2D eigenvalue weighted by molar-refractivity contribution is 5.89. The summed E-state index contributed by atoms with van der Waals surface area (Å²) in [6.07, 6.45) is 3.94. The van der Waals surface area contributed by atoms with Crippen LogP contribution < -0.4 is 0 Å². The topological polar surface area (TPSA) is 39.2 Å². The zero-order valence-electron chi connectivity index (χ0n) is 13.1. The van der Waals surface area contributed by atoms with Crippen LogP contribution in [0.3, 0.4) is 0 Å². The second kappa shape index (κ2) is 6.44. The van der Waals surface area contributed by atoms with E-state index in [0.717, 1.165) is 22.2 Å². The fourth-order valence-electron chi connectivity index (χ4n) is 2.38. The summed E-state index contributed by atoms with van der Waals surface area (Å²) in [5.41, 5.74) is 4.66. The number of hydrogen-bond acceptors (Lipinski definition) is 3. The standard InChI is InChI=1S/C20H17NO2/c1-14-3-12-19-17(13-14)9-11-18(21-19)10-6-15-4-7-16(8-5-15)20(22)23-2/h3-13H,1-2H3. The Morgan fingerprint density at radius 2 is 1.78 bits per heavy atom. The van der Waals surface area contributed by atoms with Crippen LogP contribution in [0.25, 0.3) is 23.1 Å². The summed E-state index contributed by atoms with van der Waals surface area (Å²) in [6.45, 7) is 2.07. The highest BCUT2D eigenvalue weighted by Crippen LogP contribution is 2.16. The first-order valence-corrected chi connectivity index (χ1v) is 7.39. The Morgan fingerprint density at radius 1 is 1.00 bits per heavy atom. The Labute approximate surface area is 135 Å². The van der Waals surface area contributed by atoms with E-state index >= 15 is 0 Å². The molecule has 0 N–H and O–H groups in total. The number of hydrogen-bond donors (Lipinski definition) is 0. The van der Waals surface area contributed by atoms with E-state index in [-0.39, 0.29) is 5.97 Å². The third kappa shape index (κ3) is 3.46. The number of carbonyl (C=O) groups excluding carboxylic acids is 1. The van der Waals surface area contributed by atoms with Crippen LogP contribution in [0.15, 0.2) is 54.6 Å². The third-order valence-electron chi connectivity index (χ3n) is 3.64. The van der Waals surface area contributed by atoms with E-state index in [4.69, 9.17) is 0 Å². The molecule has 23 heavy (non-hydrogen) atoms. The molecule has 1 aromatic heterocycles. The molecule has 114 valence electrons. The molecule has 3 heteroatoms. The molecule has 3 nitrogen and oxygen atoms in total. The van der Waals surface area contributed by atoms with Gasteiger partial charge in [0.25, 0.3) is 0 Å². The number of aryl methyl sites for hydroxylation is 1. The first-order valence-electron chi connectivity index (χ1n) is 7.39. The number of pyridine rings is 1. The minimum Gasteiger partial charge on any atom is -0.465 e. The van der Waals surface area contributed by atoms with Crippen LogP contribution in [-0.4, -0.2) is 18.1 Å². The van der Waals surface area contributed by atoms with Gasteiger partial charge >= 0.3 is 5.97 Å². The summed E-state index contributed by atoms with van der Waals surface area (Å²) >= 11 is 0. The molecule has 3 rings (SSSR count). The molecule has 0 bridgehead atoms. The number of nitrogens with zero attached hydrogens (tertiary/aromatic N) is 1. The van der Waals surface area contributed by atoms with Gasteiger partial charge in [0, 0.05) is 5.39 Å². The van der Waals surface area contributed by atoms with Crippen molar-refractivity contribution in [2.24, 2.45) is 0 Å². The van der Waals surface area contributed by atoms with Crippen molar-refractivity contribution >= 4 is 29.0 Å². The van der Waals surface area contributed by atoms with Gasteiger partial charge in [0.15, 0.2) is 0 Å². The van der Waals surface area contributed by atoms with Crippen molar-refractivity contribution < 1.29 is 9.53 Å². The summed E-state index contributed by atoms with van der Waals surface area (Å²) in [6, 6.07) is 17.6. The molecule has 0 aliphatic carbocycles. The second-order valence-electron chi connectivity index (χ2n) is 5.38. The average molecular weight is 303 g/mol. The Bertz CT molecular complexity index is 880. The van der Waals surface area contributed by atoms with Crippen LogP contribution >= 0.6 is 0 Å². The van der Waals surface area contributed by atoms with Crippen LogP contribution in [-0.2, 0) is 4.74 Å². The highest BCUT2D eigenvalue weighted by Gasteiger charge is 2.03. The largest absolute Gasteiger partial charge is 0.465 e. The van der Waals surface area contributed by atoms with E-state index in [9.17, 15) is 4.79 Å². The molecule has 0 aliphatic heterocycles. The summed E-state index contributed by atoms with van der Waals surface area (Å²) in [5.74, 6) is -0.327. The fourth-order valence-corrected chi connectivity index (χ4v) is 2.38. The van der Waals surface area contributed by atoms with Gasteiger partial charge in [-0.1, -0.05) is 35.9 Å². The lowest BCUT2D eigenvalue weighted by molar-refractivity contribution is 0.0600. The SMILES string of the molecule is COC(=O)c1ccc(C=Cc2ccc3cc(C)ccc3n2)cc1. The van der Waals surface area contributed by atoms with Gasteiger partial charge in [-0.2, -0.15) is 0 Å². The van der Waals surface area contributed by atoms with Gasteiger partial charge in [-0.3, -0.25) is 0 Å². The Balaban J connectivity index is 1.82. The van der Waals surface area contributed by atoms with Crippen LogP contribution in [0.2, 0.25) is 0 Å². The summed E-state index contributed by atoms with van der Waals surface area (Å²) < 4.78 is 4.69. The van der Waals surface area contributed by atoms with Crippen molar-refractivity contribution in [3.05, 3.63) is 77.0 Å². The molecule has 0 atom stereocenters. The maximum absolute atomic E-state index is 11.4. The van der Waals surface area contributed by atoms with E-state index in [1.807, 2.05) is 36.4 Å². The summed E-state index contributed by atoms with van der Waals surface area (Å²) in [4.78, 5) is 16.0. The van der Waals surface area contributed by atoms with Crippen molar-refractivity contribution in [1.29, 1.82) is 0 Å². The number of rotatable bonds is 3. The highest BCUT2D eigenvalue weighted by atomic mass is 16.5. The van der Waals surface area contributed by atoms with Gasteiger partial charge in [-0.05, 0) is 48.9 Å². The number of ether oxygens (including phenoxy) is 1. The lowest BCUT2D eigenvalue weighted by Crippen LogP contribution is -2.00. The van der Waals surface area contributed by atoms with E-state index in [1.165, 1.54) is 12.7 Å². The molecule has 0 amide bonds. The Kier molecular flexibility index (Phi) is 4.20. The number of benzene rings is 2. The molecule has 0 fully saturated rings. The normalized spacial score (nSPS) is 11.0. The first-order chi connectivity index (χ1) is 11.2. The molecule has 1 heterocycles. The van der Waals surface area contributed by atoms with Gasteiger partial charge in [0.05, 0.1) is 23.9 Å². The molecule has 3 aromatic rings. The lowest BCUT2D eigenvalue weighted by atomic mass is 10.1. The Hall–Kier alpha value is -2.94. The van der Waals surface area contributed by atoms with Gasteiger partial charge < -0.3 is 4.74 Å². The molecule has 0 saturated heterocycles. The van der Waals surface area contributed by atoms with Crippen molar-refractivity contribution in [3.8, 4) is 0 Å². The molecular formula is C20H17NO2. The number of carbonyl (C=O) groups is 1. The molecule has 0 aliphatic rings. The maximum atomic E-state index is 11.4. The molecule has 0 saturated carbocycles. The van der Waals surface area contributed by atoms with E-state index in [0.29, 0.717) is 5.56 Å². The van der Waals surface area contributed by atoms with E-state index < -0.39 is 0 Å². The monoisotopic (exact) mass is 303 g/mol. The van der Waals surface area contributed by atoms with Crippen LogP contribution in [0.1, 0.15) is 27.2 Å². The van der Waals surface area contributed by atoms with Crippen LogP contribution in [0, 0.1) is 6.92 Å². The number of esters is 1. The summed E-state index contributed by atoms with van der Waals surface area (Å²) in [7, 11) is 1.38. The maximum Gasteiger partial charge on any atom is 0.337 e. The number of fused-ring (bicyclic) bond motifs is 1. The number of methoxy groups -OCH3 is 1. The second-order valence-corrected chi connectivity index (χ2v) is 5.38. The van der Waals surface area contributed by atoms with Gasteiger partial charge in [-0.15, -0.1) is 0 Å². The predicted octanol–water partition coefficient (Wildman–Crippen LogP) is 4.50. The van der Waals surface area contributed by atoms with Crippen molar-refractivity contribution in [2.45, 2.75) is 6.92 Å². The zero-order valence-corrected chi connectivity index (χ0v) is 13.1. The minimum absolute atomic E-state index is 0.327. The van der Waals surface area contributed by atoms with E-state index in [1.54, 1.807) is 12.1 Å². The van der Waals surface area contributed by atoms with Crippen molar-refractivity contribution in [2.75, 3.05) is 7.11 Å². The van der Waals surface area contributed by atoms with E-state index in [2.05, 4.69) is 34.8 Å². The fraction of sp³-hybridized carbons (Fsp3) is 0.100. The van der Waals surface area contributed by atoms with Crippen molar-refractivity contribution in [3.63, 3.8) is 0 Å². The summed E-state index contributed by atoms with van der Waals surface area (Å²) in [5, 5.41) is 1.14. The smallest absolute Gasteiger partial charge is 0.337 e. The predicted molar refractivity (Wildman–Crippen MR) is 93.2 cm³/mol. The van der Waals surface area contributed by atoms with Crippen LogP contribution in [0.4, 0.5) is 0 Å². The van der Waals surface area contributed by atoms with Gasteiger partial charge in [0.2, 0.25) is 0 Å². The van der Waals surface area contributed by atoms with Gasteiger partial charge in [0.1, 0.15) is 0 Å². The molecule has 0 unspecified atom stereocenters. The molecular weight excluding hydrogens is 286 g/mol. The number of aromatic nitrogens is 1. The Morgan fingerprint density at radius 3 is 2.52 bits per heavy atom. The minimum atomic E-state index is -0.327. The van der Waals surface area contributed by atoms with Crippen LogP contribution in [0.5, 0.6) is 0 Å². The third-order valence-corrected chi connectivity index (χ3v) is 3.64.